The molecule has 0 aliphatic carbocycles. The van der Waals surface area contributed by atoms with Crippen molar-refractivity contribution in [2.75, 3.05) is 26.1 Å². The van der Waals surface area contributed by atoms with E-state index in [2.05, 4.69) is 15.6 Å². The summed E-state index contributed by atoms with van der Waals surface area (Å²) in [6.07, 6.45) is 0. The van der Waals surface area contributed by atoms with Gasteiger partial charge >= 0.3 is 17.9 Å². The van der Waals surface area contributed by atoms with Crippen molar-refractivity contribution in [3.8, 4) is 0 Å². The summed E-state index contributed by atoms with van der Waals surface area (Å²) < 4.78 is 15.4. The number of carbonyl (C=O) groups is 3. The fraction of sp³-hybridized carbons (Fsp3) is 0.391. The molecule has 0 bridgehead atoms. The molecule has 2 aromatic rings. The molecule has 10 heteroatoms. The van der Waals surface area contributed by atoms with Crippen LogP contribution in [-0.2, 0) is 29.2 Å². The van der Waals surface area contributed by atoms with Crippen LogP contribution in [0, 0.1) is 0 Å². The molecule has 176 valence electrons. The number of nitrogens with one attached hydrogen (secondary N) is 2. The van der Waals surface area contributed by atoms with Gasteiger partial charge in [0.1, 0.15) is 5.41 Å². The standard InChI is InChI=1S/C23H27N3O6S/c1-6-32-19(27)16-12-33-22(25-16)26-18-17(20(28)30-4)13(2)24-14(3)23(18,21(29)31-5)15-10-8-7-9-11-15/h7-12,14,18,24H,6H2,1-5H3,(H,25,26). The predicted octanol–water partition coefficient (Wildman–Crippen LogP) is 2.65. The van der Waals surface area contributed by atoms with Crippen LogP contribution in [0.4, 0.5) is 5.13 Å². The summed E-state index contributed by atoms with van der Waals surface area (Å²) in [5.74, 6) is -1.69. The molecular weight excluding hydrogens is 446 g/mol. The number of rotatable bonds is 7. The van der Waals surface area contributed by atoms with Crippen LogP contribution in [0.5, 0.6) is 0 Å². The lowest BCUT2D eigenvalue weighted by Crippen LogP contribution is -2.65. The number of nitrogens with zero attached hydrogens (tertiary/aromatic N) is 1. The second-order valence-corrected chi connectivity index (χ2v) is 8.32. The number of methoxy groups -OCH3 is 2. The van der Waals surface area contributed by atoms with Gasteiger partial charge in [-0.3, -0.25) is 4.79 Å². The van der Waals surface area contributed by atoms with Crippen molar-refractivity contribution in [2.45, 2.75) is 38.3 Å². The Labute approximate surface area is 196 Å². The summed E-state index contributed by atoms with van der Waals surface area (Å²) in [4.78, 5) is 42.8. The maximum Gasteiger partial charge on any atom is 0.357 e. The Balaban J connectivity index is 2.21. The Hall–Kier alpha value is -3.40. The fourth-order valence-corrected chi connectivity index (χ4v) is 4.96. The number of ether oxygens (including phenoxy) is 3. The minimum absolute atomic E-state index is 0.134. The highest BCUT2D eigenvalue weighted by Gasteiger charge is 2.58. The summed E-state index contributed by atoms with van der Waals surface area (Å²) in [7, 11) is 2.59. The smallest absolute Gasteiger partial charge is 0.357 e. The second kappa shape index (κ2) is 10.0. The highest BCUT2D eigenvalue weighted by molar-refractivity contribution is 7.13. The Kier molecular flexibility index (Phi) is 7.37. The molecule has 0 radical (unpaired) electrons. The second-order valence-electron chi connectivity index (χ2n) is 7.46. The van der Waals surface area contributed by atoms with Gasteiger partial charge in [-0.05, 0) is 26.3 Å². The molecule has 0 spiro atoms. The SMILES string of the molecule is CCOC(=O)c1csc(NC2C(C(=O)OC)=C(C)NC(C)C2(C(=O)OC)c2ccccc2)n1. The first-order valence-electron chi connectivity index (χ1n) is 10.4. The average molecular weight is 474 g/mol. The molecule has 1 aromatic carbocycles. The van der Waals surface area contributed by atoms with Crippen molar-refractivity contribution >= 4 is 34.4 Å². The van der Waals surface area contributed by atoms with Crippen molar-refractivity contribution < 1.29 is 28.6 Å². The minimum Gasteiger partial charge on any atom is -0.468 e. The lowest BCUT2D eigenvalue weighted by Gasteiger charge is -2.47. The quantitative estimate of drug-likeness (QED) is 0.462. The summed E-state index contributed by atoms with van der Waals surface area (Å²) in [6.45, 7) is 5.52. The van der Waals surface area contributed by atoms with E-state index in [9.17, 15) is 14.4 Å². The third kappa shape index (κ3) is 4.30. The molecule has 3 rings (SSSR count). The molecule has 3 atom stereocenters. The molecule has 1 aliphatic rings. The Morgan fingerprint density at radius 2 is 1.85 bits per heavy atom. The highest BCUT2D eigenvalue weighted by atomic mass is 32.1. The van der Waals surface area contributed by atoms with E-state index < -0.39 is 35.4 Å². The Morgan fingerprint density at radius 3 is 2.45 bits per heavy atom. The van der Waals surface area contributed by atoms with Crippen LogP contribution in [0.2, 0.25) is 0 Å². The van der Waals surface area contributed by atoms with Crippen molar-refractivity contribution in [3.05, 3.63) is 58.2 Å². The highest BCUT2D eigenvalue weighted by Crippen LogP contribution is 2.42. The number of allylic oxidation sites excluding steroid dienone is 1. The largest absolute Gasteiger partial charge is 0.468 e. The van der Waals surface area contributed by atoms with Crippen LogP contribution in [0.15, 0.2) is 47.0 Å². The molecule has 1 aliphatic heterocycles. The summed E-state index contributed by atoms with van der Waals surface area (Å²) >= 11 is 1.17. The van der Waals surface area contributed by atoms with E-state index in [1.807, 2.05) is 37.3 Å². The van der Waals surface area contributed by atoms with E-state index in [0.29, 0.717) is 16.4 Å². The van der Waals surface area contributed by atoms with Gasteiger partial charge in [-0.2, -0.15) is 0 Å². The monoisotopic (exact) mass is 473 g/mol. The Morgan fingerprint density at radius 1 is 1.15 bits per heavy atom. The van der Waals surface area contributed by atoms with Crippen molar-refractivity contribution in [1.82, 2.24) is 10.3 Å². The van der Waals surface area contributed by atoms with Gasteiger partial charge in [0.25, 0.3) is 0 Å². The average Bonchev–Trinajstić information content (AvgIpc) is 3.28. The first-order chi connectivity index (χ1) is 15.8. The molecule has 0 fully saturated rings. The van der Waals surface area contributed by atoms with E-state index in [4.69, 9.17) is 14.2 Å². The molecule has 2 N–H and O–H groups in total. The van der Waals surface area contributed by atoms with E-state index in [1.165, 1.54) is 25.6 Å². The molecule has 3 unspecified atom stereocenters. The molecule has 33 heavy (non-hydrogen) atoms. The van der Waals surface area contributed by atoms with Crippen LogP contribution in [0.25, 0.3) is 0 Å². The third-order valence-electron chi connectivity index (χ3n) is 5.70. The molecule has 0 saturated carbocycles. The van der Waals surface area contributed by atoms with Crippen LogP contribution in [-0.4, -0.2) is 55.8 Å². The van der Waals surface area contributed by atoms with Gasteiger partial charge in [0.15, 0.2) is 10.8 Å². The molecule has 9 nitrogen and oxygen atoms in total. The van der Waals surface area contributed by atoms with Crippen LogP contribution in [0.3, 0.4) is 0 Å². The van der Waals surface area contributed by atoms with Crippen LogP contribution in [0.1, 0.15) is 36.8 Å². The zero-order valence-electron chi connectivity index (χ0n) is 19.1. The molecule has 0 amide bonds. The maximum absolute atomic E-state index is 13.5. The third-order valence-corrected chi connectivity index (χ3v) is 6.47. The number of esters is 3. The normalized spacial score (nSPS) is 22.2. The van der Waals surface area contributed by atoms with Gasteiger partial charge in [0.2, 0.25) is 0 Å². The van der Waals surface area contributed by atoms with Crippen molar-refractivity contribution in [1.29, 1.82) is 0 Å². The summed E-state index contributed by atoms with van der Waals surface area (Å²) in [6, 6.07) is 7.72. The molecule has 2 heterocycles. The fourth-order valence-electron chi connectivity index (χ4n) is 4.25. The topological polar surface area (TPSA) is 116 Å². The number of carbonyl (C=O) groups excluding carboxylic acids is 3. The number of benzene rings is 1. The first-order valence-corrected chi connectivity index (χ1v) is 11.3. The summed E-state index contributed by atoms with van der Waals surface area (Å²) in [5.41, 5.74) is 0.220. The van der Waals surface area contributed by atoms with E-state index >= 15 is 0 Å². The maximum atomic E-state index is 13.5. The number of hydrogen-bond acceptors (Lipinski definition) is 10. The van der Waals surface area contributed by atoms with Gasteiger partial charge in [-0.15, -0.1) is 11.3 Å². The molecule has 1 aromatic heterocycles. The number of aromatic nitrogens is 1. The number of hydrogen-bond donors (Lipinski definition) is 2. The van der Waals surface area contributed by atoms with E-state index in [1.54, 1.807) is 19.2 Å². The van der Waals surface area contributed by atoms with Gasteiger partial charge in [-0.25, -0.2) is 14.6 Å². The van der Waals surface area contributed by atoms with Gasteiger partial charge in [0.05, 0.1) is 32.4 Å². The minimum atomic E-state index is -1.35. The van der Waals surface area contributed by atoms with Gasteiger partial charge < -0.3 is 24.8 Å². The lowest BCUT2D eigenvalue weighted by atomic mass is 9.64. The Bertz CT molecular complexity index is 1070. The molecule has 0 saturated heterocycles. The summed E-state index contributed by atoms with van der Waals surface area (Å²) in [5, 5.41) is 8.38. The van der Waals surface area contributed by atoms with E-state index in [-0.39, 0.29) is 17.9 Å². The zero-order chi connectivity index (χ0) is 24.2. The van der Waals surface area contributed by atoms with Crippen molar-refractivity contribution in [3.63, 3.8) is 0 Å². The van der Waals surface area contributed by atoms with Gasteiger partial charge in [0, 0.05) is 17.1 Å². The van der Waals surface area contributed by atoms with Gasteiger partial charge in [-0.1, -0.05) is 30.3 Å². The number of thiazole rings is 1. The molecular formula is C23H27N3O6S. The van der Waals surface area contributed by atoms with Crippen LogP contribution < -0.4 is 10.6 Å². The number of anilines is 1. The predicted molar refractivity (Wildman–Crippen MR) is 123 cm³/mol. The van der Waals surface area contributed by atoms with E-state index in [0.717, 1.165) is 0 Å². The first kappa shape index (κ1) is 24.2. The zero-order valence-corrected chi connectivity index (χ0v) is 19.9. The van der Waals surface area contributed by atoms with Crippen LogP contribution >= 0.6 is 11.3 Å². The van der Waals surface area contributed by atoms with Crippen molar-refractivity contribution in [2.24, 2.45) is 0 Å². The lowest BCUT2D eigenvalue weighted by molar-refractivity contribution is -0.149.